The van der Waals surface area contributed by atoms with Gasteiger partial charge in [-0.15, -0.1) is 11.3 Å². The highest BCUT2D eigenvalue weighted by Crippen LogP contribution is 2.36. The van der Waals surface area contributed by atoms with Gasteiger partial charge in [0.15, 0.2) is 5.82 Å². The molecule has 122 valence electrons. The van der Waals surface area contributed by atoms with E-state index in [1.807, 2.05) is 35.7 Å². The van der Waals surface area contributed by atoms with Crippen LogP contribution in [-0.2, 0) is 5.54 Å². The van der Waals surface area contributed by atoms with E-state index in [1.54, 1.807) is 6.07 Å². The molecule has 0 aliphatic heterocycles. The lowest BCUT2D eigenvalue weighted by atomic mass is 9.98. The molecule has 2 heterocycles. The van der Waals surface area contributed by atoms with Crippen LogP contribution in [-0.4, -0.2) is 15.9 Å². The molecule has 1 saturated carbocycles. The Morgan fingerprint density at radius 3 is 2.71 bits per heavy atom. The van der Waals surface area contributed by atoms with E-state index in [0.29, 0.717) is 27.7 Å². The van der Waals surface area contributed by atoms with Gasteiger partial charge in [-0.3, -0.25) is 4.79 Å². The smallest absolute Gasteiger partial charge is 0.258 e. The molecule has 0 amide bonds. The Morgan fingerprint density at radius 2 is 1.96 bits per heavy atom. The third-order valence-corrected chi connectivity index (χ3v) is 5.38. The normalized spacial score (nSPS) is 16.4. The Labute approximate surface area is 143 Å². The molecule has 0 unspecified atom stereocenters. The standard InChI is InChI=1S/C18H17N3O2S/c19-18(9-3-4-10-18)17-20-16(23-21-17)13-7-2-1-6-12(13)15(22)14-8-5-11-24-14/h1-2,5-8,11H,3-4,9-10,19H2. The van der Waals surface area contributed by atoms with Crippen LogP contribution in [0.2, 0.25) is 0 Å². The lowest BCUT2D eigenvalue weighted by molar-refractivity contribution is 0.104. The van der Waals surface area contributed by atoms with Crippen molar-refractivity contribution in [3.05, 3.63) is 58.0 Å². The molecule has 0 radical (unpaired) electrons. The summed E-state index contributed by atoms with van der Waals surface area (Å²) in [6.45, 7) is 0. The quantitative estimate of drug-likeness (QED) is 0.732. The van der Waals surface area contributed by atoms with Crippen LogP contribution in [0, 0.1) is 0 Å². The number of thiophene rings is 1. The highest BCUT2D eigenvalue weighted by molar-refractivity contribution is 7.12. The first kappa shape index (κ1) is 15.2. The van der Waals surface area contributed by atoms with Crippen molar-refractivity contribution in [1.29, 1.82) is 0 Å². The van der Waals surface area contributed by atoms with Crippen LogP contribution in [0.15, 0.2) is 46.3 Å². The summed E-state index contributed by atoms with van der Waals surface area (Å²) in [7, 11) is 0. The molecule has 1 aliphatic carbocycles. The Bertz CT molecular complexity index is 864. The lowest BCUT2D eigenvalue weighted by Gasteiger charge is -2.17. The van der Waals surface area contributed by atoms with Gasteiger partial charge in [-0.05, 0) is 30.4 Å². The predicted octanol–water partition coefficient (Wildman–Crippen LogP) is 3.76. The van der Waals surface area contributed by atoms with Gasteiger partial charge in [0.25, 0.3) is 5.89 Å². The van der Waals surface area contributed by atoms with Crippen LogP contribution >= 0.6 is 11.3 Å². The average molecular weight is 339 g/mol. The summed E-state index contributed by atoms with van der Waals surface area (Å²) in [5.74, 6) is 0.847. The van der Waals surface area contributed by atoms with Crippen molar-refractivity contribution >= 4 is 17.1 Å². The number of aromatic nitrogens is 2. The molecular formula is C18H17N3O2S. The topological polar surface area (TPSA) is 82.0 Å². The maximum Gasteiger partial charge on any atom is 0.258 e. The third kappa shape index (κ3) is 2.57. The van der Waals surface area contributed by atoms with E-state index >= 15 is 0 Å². The highest BCUT2D eigenvalue weighted by atomic mass is 32.1. The Hall–Kier alpha value is -2.31. The molecule has 2 N–H and O–H groups in total. The van der Waals surface area contributed by atoms with Gasteiger partial charge in [0.2, 0.25) is 5.78 Å². The second-order valence-corrected chi connectivity index (χ2v) is 7.09. The maximum absolute atomic E-state index is 12.7. The van der Waals surface area contributed by atoms with Crippen molar-refractivity contribution in [3.8, 4) is 11.5 Å². The molecule has 3 aromatic rings. The van der Waals surface area contributed by atoms with Gasteiger partial charge >= 0.3 is 0 Å². The summed E-state index contributed by atoms with van der Waals surface area (Å²) < 4.78 is 5.45. The summed E-state index contributed by atoms with van der Waals surface area (Å²) in [4.78, 5) is 17.9. The first-order chi connectivity index (χ1) is 11.7. The number of carbonyl (C=O) groups excluding carboxylic acids is 1. The summed E-state index contributed by atoms with van der Waals surface area (Å²) in [5, 5.41) is 5.98. The number of rotatable bonds is 4. The average Bonchev–Trinajstić information content (AvgIpc) is 3.35. The molecule has 1 aliphatic rings. The minimum absolute atomic E-state index is 0.0383. The number of hydrogen-bond acceptors (Lipinski definition) is 6. The van der Waals surface area contributed by atoms with Gasteiger partial charge in [-0.1, -0.05) is 42.3 Å². The van der Waals surface area contributed by atoms with Crippen molar-refractivity contribution < 1.29 is 9.32 Å². The minimum atomic E-state index is -0.506. The van der Waals surface area contributed by atoms with Crippen molar-refractivity contribution in [1.82, 2.24) is 10.1 Å². The van der Waals surface area contributed by atoms with Crippen molar-refractivity contribution in [2.24, 2.45) is 5.73 Å². The maximum atomic E-state index is 12.7. The fraction of sp³-hybridized carbons (Fsp3) is 0.278. The summed E-state index contributed by atoms with van der Waals surface area (Å²) >= 11 is 1.42. The second-order valence-electron chi connectivity index (χ2n) is 6.14. The Morgan fingerprint density at radius 1 is 1.17 bits per heavy atom. The molecule has 1 aromatic carbocycles. The van der Waals surface area contributed by atoms with Crippen LogP contribution in [0.5, 0.6) is 0 Å². The Kier molecular flexibility index (Phi) is 3.78. The number of ketones is 1. The SMILES string of the molecule is NC1(c2noc(-c3ccccc3C(=O)c3cccs3)n2)CCCC1. The molecule has 0 spiro atoms. The third-order valence-electron chi connectivity index (χ3n) is 4.51. The number of hydrogen-bond donors (Lipinski definition) is 1. The van der Waals surface area contributed by atoms with E-state index in [0.717, 1.165) is 25.7 Å². The molecule has 4 rings (SSSR count). The van der Waals surface area contributed by atoms with Gasteiger partial charge in [0.05, 0.1) is 16.0 Å². The van der Waals surface area contributed by atoms with Gasteiger partial charge in [0.1, 0.15) is 0 Å². The van der Waals surface area contributed by atoms with Crippen LogP contribution in [0.4, 0.5) is 0 Å². The van der Waals surface area contributed by atoms with Gasteiger partial charge < -0.3 is 10.3 Å². The zero-order valence-corrected chi connectivity index (χ0v) is 13.9. The zero-order chi connectivity index (χ0) is 16.6. The molecule has 24 heavy (non-hydrogen) atoms. The van der Waals surface area contributed by atoms with Crippen molar-refractivity contribution in [2.45, 2.75) is 31.2 Å². The highest BCUT2D eigenvalue weighted by Gasteiger charge is 2.36. The van der Waals surface area contributed by atoms with Crippen LogP contribution in [0.25, 0.3) is 11.5 Å². The fourth-order valence-electron chi connectivity index (χ4n) is 3.17. The van der Waals surface area contributed by atoms with Crippen molar-refractivity contribution in [2.75, 3.05) is 0 Å². The fourth-order valence-corrected chi connectivity index (χ4v) is 3.85. The second kappa shape index (κ2) is 5.96. The first-order valence-corrected chi connectivity index (χ1v) is 8.86. The monoisotopic (exact) mass is 339 g/mol. The molecule has 6 heteroatoms. The minimum Gasteiger partial charge on any atom is -0.334 e. The molecule has 0 atom stereocenters. The van der Waals surface area contributed by atoms with Crippen LogP contribution in [0.1, 0.15) is 46.7 Å². The number of carbonyl (C=O) groups is 1. The number of benzene rings is 1. The summed E-state index contributed by atoms with van der Waals surface area (Å²) in [5.41, 5.74) is 7.10. The lowest BCUT2D eigenvalue weighted by Crippen LogP contribution is -2.34. The molecule has 2 aromatic heterocycles. The summed E-state index contributed by atoms with van der Waals surface area (Å²) in [6.07, 6.45) is 3.88. The van der Waals surface area contributed by atoms with E-state index < -0.39 is 5.54 Å². The van der Waals surface area contributed by atoms with Gasteiger partial charge in [0, 0.05) is 5.56 Å². The molecular weight excluding hydrogens is 322 g/mol. The van der Waals surface area contributed by atoms with Gasteiger partial charge in [-0.25, -0.2) is 0 Å². The molecule has 0 bridgehead atoms. The largest absolute Gasteiger partial charge is 0.334 e. The van der Waals surface area contributed by atoms with E-state index in [-0.39, 0.29) is 5.78 Å². The first-order valence-electron chi connectivity index (χ1n) is 7.98. The number of nitrogens with zero attached hydrogens (tertiary/aromatic N) is 2. The molecule has 1 fully saturated rings. The van der Waals surface area contributed by atoms with Gasteiger partial charge in [-0.2, -0.15) is 4.98 Å². The van der Waals surface area contributed by atoms with E-state index in [1.165, 1.54) is 11.3 Å². The molecule has 0 saturated heterocycles. The molecule has 5 nitrogen and oxygen atoms in total. The van der Waals surface area contributed by atoms with Crippen molar-refractivity contribution in [3.63, 3.8) is 0 Å². The van der Waals surface area contributed by atoms with E-state index in [4.69, 9.17) is 10.3 Å². The zero-order valence-electron chi connectivity index (χ0n) is 13.1. The predicted molar refractivity (Wildman–Crippen MR) is 91.8 cm³/mol. The van der Waals surface area contributed by atoms with E-state index in [2.05, 4.69) is 10.1 Å². The number of nitrogens with two attached hydrogens (primary N) is 1. The van der Waals surface area contributed by atoms with E-state index in [9.17, 15) is 4.79 Å². The van der Waals surface area contributed by atoms with Crippen LogP contribution < -0.4 is 5.73 Å². The Balaban J connectivity index is 1.73. The van der Waals surface area contributed by atoms with Crippen LogP contribution in [0.3, 0.4) is 0 Å². The summed E-state index contributed by atoms with van der Waals surface area (Å²) in [6, 6.07) is 11.0.